The molecule has 2 aromatic rings. The predicted molar refractivity (Wildman–Crippen MR) is 101 cm³/mol. The Hall–Kier alpha value is -2.22. The number of aliphatic hydroxyl groups is 2. The number of aromatic nitrogens is 2. The molecule has 7 heteroatoms. The molecule has 0 aliphatic carbocycles. The van der Waals surface area contributed by atoms with Crippen LogP contribution in [0.25, 0.3) is 0 Å². The van der Waals surface area contributed by atoms with Gasteiger partial charge in [0.2, 0.25) is 0 Å². The Morgan fingerprint density at radius 3 is 2.74 bits per heavy atom. The van der Waals surface area contributed by atoms with E-state index in [1.54, 1.807) is 0 Å². The van der Waals surface area contributed by atoms with E-state index in [-0.39, 0.29) is 6.42 Å². The van der Waals surface area contributed by atoms with Crippen molar-refractivity contribution in [3.8, 4) is 0 Å². The lowest BCUT2D eigenvalue weighted by Gasteiger charge is -2.18. The standard InChI is InChI=1S/C20H26N2O5/c1-2-14-12-22(20(26)21-19(14)25)18-11-16(24)17(27-18)9-8-15(23)10-13-6-4-3-5-7-13/h3-7,12,15-18,23-24H,2,8-11H2,1H3,(H,21,25,26)/t15-,16?,17-,18-/m0/s1. The summed E-state index contributed by atoms with van der Waals surface area (Å²) in [7, 11) is 0. The van der Waals surface area contributed by atoms with Crippen LogP contribution in [0, 0.1) is 0 Å². The first kappa shape index (κ1) is 19.5. The highest BCUT2D eigenvalue weighted by molar-refractivity contribution is 5.15. The van der Waals surface area contributed by atoms with Crippen LogP contribution in [0.4, 0.5) is 0 Å². The predicted octanol–water partition coefficient (Wildman–Crippen LogP) is 1.13. The minimum atomic E-state index is -0.720. The molecule has 1 aromatic heterocycles. The molecule has 146 valence electrons. The van der Waals surface area contributed by atoms with E-state index in [4.69, 9.17) is 4.74 Å². The zero-order valence-corrected chi connectivity index (χ0v) is 15.4. The minimum Gasteiger partial charge on any atom is -0.393 e. The maximum atomic E-state index is 12.1. The van der Waals surface area contributed by atoms with E-state index in [1.807, 2.05) is 37.3 Å². The van der Waals surface area contributed by atoms with Gasteiger partial charge in [-0.1, -0.05) is 37.3 Å². The van der Waals surface area contributed by atoms with Gasteiger partial charge in [-0.25, -0.2) is 4.79 Å². The lowest BCUT2D eigenvalue weighted by atomic mass is 10.0. The topological polar surface area (TPSA) is 105 Å². The summed E-state index contributed by atoms with van der Waals surface area (Å²) in [4.78, 5) is 26.1. The second kappa shape index (κ2) is 8.65. The summed E-state index contributed by atoms with van der Waals surface area (Å²) in [6, 6.07) is 9.73. The summed E-state index contributed by atoms with van der Waals surface area (Å²) in [5.41, 5.74) is 0.620. The number of rotatable bonds is 7. The number of aromatic amines is 1. The first-order valence-corrected chi connectivity index (χ1v) is 9.37. The van der Waals surface area contributed by atoms with Crippen molar-refractivity contribution < 1.29 is 14.9 Å². The zero-order valence-electron chi connectivity index (χ0n) is 15.4. The van der Waals surface area contributed by atoms with E-state index >= 15 is 0 Å². The van der Waals surface area contributed by atoms with Gasteiger partial charge in [-0.3, -0.25) is 14.3 Å². The Balaban J connectivity index is 1.60. The molecule has 2 heterocycles. The highest BCUT2D eigenvalue weighted by Crippen LogP contribution is 2.30. The van der Waals surface area contributed by atoms with Gasteiger partial charge in [-0.2, -0.15) is 0 Å². The fourth-order valence-electron chi connectivity index (χ4n) is 3.48. The number of hydrogen-bond acceptors (Lipinski definition) is 5. The van der Waals surface area contributed by atoms with Crippen molar-refractivity contribution in [3.05, 3.63) is 68.5 Å². The molecule has 1 aromatic carbocycles. The molecule has 0 spiro atoms. The molecule has 0 saturated carbocycles. The van der Waals surface area contributed by atoms with Crippen LogP contribution in [-0.4, -0.2) is 38.1 Å². The number of ether oxygens (including phenoxy) is 1. The van der Waals surface area contributed by atoms with Crippen molar-refractivity contribution in [2.45, 2.75) is 63.6 Å². The Morgan fingerprint density at radius 2 is 2.04 bits per heavy atom. The maximum absolute atomic E-state index is 12.1. The zero-order chi connectivity index (χ0) is 19.4. The van der Waals surface area contributed by atoms with Crippen molar-refractivity contribution in [2.24, 2.45) is 0 Å². The largest absolute Gasteiger partial charge is 0.393 e. The molecule has 27 heavy (non-hydrogen) atoms. The number of H-pyrrole nitrogens is 1. The molecule has 7 nitrogen and oxygen atoms in total. The quantitative estimate of drug-likeness (QED) is 0.674. The molecular weight excluding hydrogens is 348 g/mol. The van der Waals surface area contributed by atoms with Gasteiger partial charge in [0.25, 0.3) is 5.56 Å². The van der Waals surface area contributed by atoms with Crippen molar-refractivity contribution in [3.63, 3.8) is 0 Å². The molecule has 0 radical (unpaired) electrons. The van der Waals surface area contributed by atoms with Crippen molar-refractivity contribution >= 4 is 0 Å². The van der Waals surface area contributed by atoms with Crippen molar-refractivity contribution in [2.75, 3.05) is 0 Å². The Kier molecular flexibility index (Phi) is 6.26. The number of hydrogen-bond donors (Lipinski definition) is 3. The van der Waals surface area contributed by atoms with E-state index in [0.717, 1.165) is 5.56 Å². The number of nitrogens with zero attached hydrogens (tertiary/aromatic N) is 1. The van der Waals surface area contributed by atoms with Gasteiger partial charge in [0, 0.05) is 18.2 Å². The molecule has 0 bridgehead atoms. The highest BCUT2D eigenvalue weighted by Gasteiger charge is 2.35. The Labute approximate surface area is 157 Å². The number of benzene rings is 1. The molecule has 1 saturated heterocycles. The fraction of sp³-hybridized carbons (Fsp3) is 0.500. The summed E-state index contributed by atoms with van der Waals surface area (Å²) in [5.74, 6) is 0. The summed E-state index contributed by atoms with van der Waals surface area (Å²) in [5, 5.41) is 20.5. The lowest BCUT2D eigenvalue weighted by molar-refractivity contribution is -0.0301. The molecule has 1 fully saturated rings. The van der Waals surface area contributed by atoms with Crippen LogP contribution < -0.4 is 11.2 Å². The fourth-order valence-corrected chi connectivity index (χ4v) is 3.48. The van der Waals surface area contributed by atoms with E-state index in [2.05, 4.69) is 4.98 Å². The monoisotopic (exact) mass is 374 g/mol. The van der Waals surface area contributed by atoms with Gasteiger partial charge in [0.05, 0.1) is 18.3 Å². The molecule has 4 atom stereocenters. The highest BCUT2D eigenvalue weighted by atomic mass is 16.5. The van der Waals surface area contributed by atoms with Gasteiger partial charge in [0.1, 0.15) is 6.23 Å². The van der Waals surface area contributed by atoms with Crippen LogP contribution in [0.5, 0.6) is 0 Å². The normalized spacial score (nSPS) is 23.4. The van der Waals surface area contributed by atoms with Gasteiger partial charge < -0.3 is 14.9 Å². The third-order valence-corrected chi connectivity index (χ3v) is 5.04. The number of aliphatic hydroxyl groups excluding tert-OH is 2. The average Bonchev–Trinajstić information content (AvgIpc) is 3.01. The summed E-state index contributed by atoms with van der Waals surface area (Å²) < 4.78 is 7.20. The van der Waals surface area contributed by atoms with Crippen LogP contribution in [-0.2, 0) is 17.6 Å². The lowest BCUT2D eigenvalue weighted by Crippen LogP contribution is -2.34. The molecule has 1 unspecified atom stereocenters. The van der Waals surface area contributed by atoms with Crippen LogP contribution in [0.3, 0.4) is 0 Å². The van der Waals surface area contributed by atoms with Crippen LogP contribution in [0.2, 0.25) is 0 Å². The van der Waals surface area contributed by atoms with Crippen molar-refractivity contribution in [1.29, 1.82) is 0 Å². The molecule has 3 N–H and O–H groups in total. The molecule has 1 aliphatic rings. The van der Waals surface area contributed by atoms with E-state index in [0.29, 0.717) is 31.2 Å². The van der Waals surface area contributed by atoms with Crippen LogP contribution in [0.1, 0.15) is 43.5 Å². The minimum absolute atomic E-state index is 0.272. The van der Waals surface area contributed by atoms with Gasteiger partial charge >= 0.3 is 5.69 Å². The second-order valence-corrected chi connectivity index (χ2v) is 7.03. The third-order valence-electron chi connectivity index (χ3n) is 5.04. The first-order valence-electron chi connectivity index (χ1n) is 9.37. The van der Waals surface area contributed by atoms with Gasteiger partial charge in [0.15, 0.2) is 0 Å². The Bertz CT molecular complexity index is 861. The average molecular weight is 374 g/mol. The summed E-state index contributed by atoms with van der Waals surface area (Å²) in [6.45, 7) is 1.83. The second-order valence-electron chi connectivity index (χ2n) is 7.03. The smallest absolute Gasteiger partial charge is 0.330 e. The molecule has 3 rings (SSSR count). The molecular formula is C20H26N2O5. The first-order chi connectivity index (χ1) is 13.0. The summed E-state index contributed by atoms with van der Waals surface area (Å²) >= 11 is 0. The van der Waals surface area contributed by atoms with Gasteiger partial charge in [-0.15, -0.1) is 0 Å². The van der Waals surface area contributed by atoms with Crippen LogP contribution >= 0.6 is 0 Å². The Morgan fingerprint density at radius 1 is 1.30 bits per heavy atom. The van der Waals surface area contributed by atoms with Crippen LogP contribution in [0.15, 0.2) is 46.1 Å². The third kappa shape index (κ3) is 4.74. The SMILES string of the molecule is CCc1cn([C@@H]2CC(O)[C@H](CC[C@H](O)Cc3ccccc3)O2)c(=O)[nH]c1=O. The van der Waals surface area contributed by atoms with E-state index < -0.39 is 35.8 Å². The van der Waals surface area contributed by atoms with E-state index in [1.165, 1.54) is 10.8 Å². The van der Waals surface area contributed by atoms with E-state index in [9.17, 15) is 19.8 Å². The molecule has 1 aliphatic heterocycles. The summed E-state index contributed by atoms with van der Waals surface area (Å²) in [6.07, 6.45) is 1.49. The van der Waals surface area contributed by atoms with Gasteiger partial charge in [-0.05, 0) is 31.2 Å². The number of aryl methyl sites for hydroxylation is 1. The number of nitrogens with one attached hydrogen (secondary N) is 1. The van der Waals surface area contributed by atoms with Crippen molar-refractivity contribution in [1.82, 2.24) is 9.55 Å². The maximum Gasteiger partial charge on any atom is 0.330 e. The molecule has 0 amide bonds.